The molecule has 0 saturated carbocycles. The lowest BCUT2D eigenvalue weighted by molar-refractivity contribution is -0.140. The van der Waals surface area contributed by atoms with E-state index in [2.05, 4.69) is 4.90 Å². The number of carbonyl (C=O) groups excluding carboxylic acids is 2. The van der Waals surface area contributed by atoms with E-state index in [1.807, 2.05) is 45.0 Å². The molecule has 1 amide bonds. The van der Waals surface area contributed by atoms with E-state index in [-0.39, 0.29) is 11.3 Å². The number of likely N-dealkylation sites (tertiary alicyclic amines) is 1. The van der Waals surface area contributed by atoms with Crippen LogP contribution in [0.5, 0.6) is 0 Å². The highest BCUT2D eigenvalue weighted by molar-refractivity contribution is 6.46. The minimum absolute atomic E-state index is 0.0370. The highest BCUT2D eigenvalue weighted by Gasteiger charge is 2.45. The lowest BCUT2D eigenvalue weighted by Crippen LogP contribution is -2.38. The highest BCUT2D eigenvalue weighted by Crippen LogP contribution is 2.39. The van der Waals surface area contributed by atoms with Crippen LogP contribution >= 0.6 is 0 Å². The molecular formula is C24H27FN2O3. The van der Waals surface area contributed by atoms with Crippen LogP contribution in [0.15, 0.2) is 54.1 Å². The Hall–Kier alpha value is -2.99. The van der Waals surface area contributed by atoms with Gasteiger partial charge in [0.15, 0.2) is 0 Å². The number of likely N-dealkylation sites (N-methyl/N-ethyl adjacent to an activating group) is 1. The van der Waals surface area contributed by atoms with E-state index in [4.69, 9.17) is 0 Å². The first kappa shape index (κ1) is 21.7. The van der Waals surface area contributed by atoms with E-state index >= 15 is 0 Å². The van der Waals surface area contributed by atoms with Gasteiger partial charge in [0.25, 0.3) is 11.7 Å². The van der Waals surface area contributed by atoms with Crippen LogP contribution in [-0.4, -0.2) is 52.8 Å². The van der Waals surface area contributed by atoms with Gasteiger partial charge in [-0.15, -0.1) is 0 Å². The number of hydrogen-bond acceptors (Lipinski definition) is 4. The van der Waals surface area contributed by atoms with Crippen molar-refractivity contribution in [3.63, 3.8) is 0 Å². The molecule has 5 nitrogen and oxygen atoms in total. The molecule has 158 valence electrons. The van der Waals surface area contributed by atoms with Crippen molar-refractivity contribution in [2.75, 3.05) is 26.2 Å². The molecule has 1 N–H and O–H groups in total. The normalized spacial score (nSPS) is 18.4. The molecule has 1 aliphatic heterocycles. The van der Waals surface area contributed by atoms with Crippen molar-refractivity contribution in [3.05, 3.63) is 76.6 Å². The Balaban J connectivity index is 2.08. The lowest BCUT2D eigenvalue weighted by Gasteiger charge is -2.28. The lowest BCUT2D eigenvalue weighted by atomic mass is 9.94. The Morgan fingerprint density at radius 3 is 2.20 bits per heavy atom. The van der Waals surface area contributed by atoms with E-state index < -0.39 is 23.5 Å². The number of Topliss-reactive ketones (excluding diaryl/α,β-unsaturated/α-hetero) is 1. The van der Waals surface area contributed by atoms with Crippen molar-refractivity contribution in [2.45, 2.75) is 26.8 Å². The zero-order valence-electron chi connectivity index (χ0n) is 17.6. The molecule has 1 saturated heterocycles. The fraction of sp³-hybridized carbons (Fsp3) is 0.333. The maximum Gasteiger partial charge on any atom is 0.295 e. The third-order valence-corrected chi connectivity index (χ3v) is 5.60. The number of amides is 1. The SMILES string of the molecule is CCN(CC)CCN1C(=O)C(=O)C(=C(O)c2ccc(F)cc2)[C@@H]1c1ccc(C)cc1. The standard InChI is InChI=1S/C24H27FN2O3/c1-4-26(5-2)14-15-27-21(17-8-6-16(3)7-9-17)20(23(29)24(27)30)22(28)18-10-12-19(25)13-11-18/h6-13,21,28H,4-5,14-15H2,1-3H3/t21-/m0/s1. The topological polar surface area (TPSA) is 60.9 Å². The summed E-state index contributed by atoms with van der Waals surface area (Å²) >= 11 is 0. The molecule has 0 radical (unpaired) electrons. The van der Waals surface area contributed by atoms with Crippen LogP contribution in [0.3, 0.4) is 0 Å². The van der Waals surface area contributed by atoms with Gasteiger partial charge in [-0.1, -0.05) is 43.7 Å². The smallest absolute Gasteiger partial charge is 0.295 e. The number of hydrogen-bond donors (Lipinski definition) is 1. The van der Waals surface area contributed by atoms with Crippen molar-refractivity contribution >= 4 is 17.4 Å². The van der Waals surface area contributed by atoms with E-state index in [9.17, 15) is 19.1 Å². The van der Waals surface area contributed by atoms with Gasteiger partial charge in [0.05, 0.1) is 11.6 Å². The molecule has 3 rings (SSSR count). The molecule has 2 aromatic carbocycles. The first-order valence-electron chi connectivity index (χ1n) is 10.2. The van der Waals surface area contributed by atoms with Gasteiger partial charge in [-0.2, -0.15) is 0 Å². The van der Waals surface area contributed by atoms with Gasteiger partial charge in [-0.05, 0) is 49.8 Å². The number of ketones is 1. The van der Waals surface area contributed by atoms with E-state index in [0.717, 1.165) is 24.2 Å². The number of aryl methyl sites for hydroxylation is 1. The molecule has 0 spiro atoms. The minimum atomic E-state index is -0.720. The summed E-state index contributed by atoms with van der Waals surface area (Å²) in [6, 6.07) is 12.1. The molecule has 1 heterocycles. The molecule has 0 aliphatic carbocycles. The average molecular weight is 410 g/mol. The van der Waals surface area contributed by atoms with Crippen LogP contribution < -0.4 is 0 Å². The Kier molecular flexibility index (Phi) is 6.67. The Bertz CT molecular complexity index is 947. The molecular weight excluding hydrogens is 383 g/mol. The molecule has 6 heteroatoms. The number of nitrogens with zero attached hydrogens (tertiary/aromatic N) is 2. The fourth-order valence-electron chi connectivity index (χ4n) is 3.76. The number of halogens is 1. The first-order valence-corrected chi connectivity index (χ1v) is 10.2. The summed E-state index contributed by atoms with van der Waals surface area (Å²) in [4.78, 5) is 29.5. The van der Waals surface area contributed by atoms with Crippen LogP contribution in [0.1, 0.15) is 36.6 Å². The fourth-order valence-corrected chi connectivity index (χ4v) is 3.76. The monoisotopic (exact) mass is 410 g/mol. The quantitative estimate of drug-likeness (QED) is 0.427. The number of carbonyl (C=O) groups is 2. The van der Waals surface area contributed by atoms with Gasteiger partial charge >= 0.3 is 0 Å². The van der Waals surface area contributed by atoms with Crippen molar-refractivity contribution in [1.82, 2.24) is 9.80 Å². The molecule has 1 atom stereocenters. The first-order chi connectivity index (χ1) is 14.4. The van der Waals surface area contributed by atoms with Gasteiger partial charge in [-0.25, -0.2) is 4.39 Å². The van der Waals surface area contributed by atoms with Crippen LogP contribution in [0.2, 0.25) is 0 Å². The molecule has 0 bridgehead atoms. The number of benzene rings is 2. The highest BCUT2D eigenvalue weighted by atomic mass is 19.1. The van der Waals surface area contributed by atoms with Gasteiger partial charge in [0.2, 0.25) is 0 Å². The van der Waals surface area contributed by atoms with Crippen LogP contribution in [-0.2, 0) is 9.59 Å². The van der Waals surface area contributed by atoms with Crippen LogP contribution in [0.4, 0.5) is 4.39 Å². The average Bonchev–Trinajstić information content (AvgIpc) is 3.00. The second-order valence-corrected chi connectivity index (χ2v) is 7.44. The zero-order chi connectivity index (χ0) is 21.8. The third-order valence-electron chi connectivity index (χ3n) is 5.60. The summed E-state index contributed by atoms with van der Waals surface area (Å²) < 4.78 is 13.3. The minimum Gasteiger partial charge on any atom is -0.507 e. The number of rotatable bonds is 7. The van der Waals surface area contributed by atoms with Gasteiger partial charge in [0, 0.05) is 18.7 Å². The molecule has 1 fully saturated rings. The molecule has 2 aromatic rings. The maximum absolute atomic E-state index is 13.3. The predicted octanol–water partition coefficient (Wildman–Crippen LogP) is 3.90. The van der Waals surface area contributed by atoms with E-state index in [1.54, 1.807) is 0 Å². The van der Waals surface area contributed by atoms with Crippen LogP contribution in [0, 0.1) is 12.7 Å². The van der Waals surface area contributed by atoms with Crippen molar-refractivity contribution in [2.24, 2.45) is 0 Å². The molecule has 30 heavy (non-hydrogen) atoms. The van der Waals surface area contributed by atoms with Gasteiger partial charge in [0.1, 0.15) is 11.6 Å². The van der Waals surface area contributed by atoms with E-state index in [0.29, 0.717) is 18.7 Å². The molecule has 0 unspecified atom stereocenters. The molecule has 0 aromatic heterocycles. The second-order valence-electron chi connectivity index (χ2n) is 7.44. The van der Waals surface area contributed by atoms with Gasteiger partial charge < -0.3 is 14.9 Å². The third kappa shape index (κ3) is 4.28. The van der Waals surface area contributed by atoms with Gasteiger partial charge in [-0.3, -0.25) is 9.59 Å². The Morgan fingerprint density at radius 1 is 1.03 bits per heavy atom. The summed E-state index contributed by atoms with van der Waals surface area (Å²) in [5, 5.41) is 10.9. The zero-order valence-corrected chi connectivity index (χ0v) is 17.6. The Labute approximate surface area is 176 Å². The number of aliphatic hydroxyl groups is 1. The summed E-state index contributed by atoms with van der Waals surface area (Å²) in [5.74, 6) is -2.08. The summed E-state index contributed by atoms with van der Waals surface area (Å²) in [5.41, 5.74) is 2.14. The van der Waals surface area contributed by atoms with E-state index in [1.165, 1.54) is 29.2 Å². The second kappa shape index (κ2) is 9.22. The Morgan fingerprint density at radius 2 is 1.63 bits per heavy atom. The predicted molar refractivity (Wildman–Crippen MR) is 114 cm³/mol. The van der Waals surface area contributed by atoms with Crippen molar-refractivity contribution in [3.8, 4) is 0 Å². The summed E-state index contributed by atoms with van der Waals surface area (Å²) in [6.07, 6.45) is 0. The summed E-state index contributed by atoms with van der Waals surface area (Å²) in [7, 11) is 0. The number of aliphatic hydroxyl groups excluding tert-OH is 1. The molecule has 1 aliphatic rings. The largest absolute Gasteiger partial charge is 0.507 e. The van der Waals surface area contributed by atoms with Crippen LogP contribution in [0.25, 0.3) is 5.76 Å². The van der Waals surface area contributed by atoms with Crippen molar-refractivity contribution < 1.29 is 19.1 Å². The summed E-state index contributed by atoms with van der Waals surface area (Å²) in [6.45, 7) is 8.72. The maximum atomic E-state index is 13.3. The van der Waals surface area contributed by atoms with Crippen molar-refractivity contribution in [1.29, 1.82) is 0 Å².